The number of amides is 3. The molecule has 2 aromatic carbocycles. The second-order valence-electron chi connectivity index (χ2n) is 10.4. The number of anilines is 1. The number of halogens is 3. The Bertz CT molecular complexity index is 1540. The molecule has 1 atom stereocenters. The molecule has 10 nitrogen and oxygen atoms in total. The molecule has 1 saturated heterocycles. The Morgan fingerprint density at radius 1 is 1.02 bits per heavy atom. The Kier molecular flexibility index (Phi) is 7.78. The molecule has 0 spiro atoms. The monoisotopic (exact) mass is 583 g/mol. The third-order valence-electron chi connectivity index (χ3n) is 7.53. The SMILES string of the molecule is CN1CCC(NC(=O)c2cc(Oc3ccc4c(c3)C(c3ccc(C(N)=O)cc3C(F)(F)F)CN4C(=O)O)ccn2)CC1. The van der Waals surface area contributed by atoms with E-state index in [-0.39, 0.29) is 52.5 Å². The van der Waals surface area contributed by atoms with Gasteiger partial charge in [-0.3, -0.25) is 19.5 Å². The molecule has 0 bridgehead atoms. The van der Waals surface area contributed by atoms with Crippen molar-refractivity contribution in [1.82, 2.24) is 15.2 Å². The summed E-state index contributed by atoms with van der Waals surface area (Å²) in [6.45, 7) is 1.48. The zero-order chi connectivity index (χ0) is 30.2. The number of likely N-dealkylation sites (tertiary alicyclic amines) is 1. The molecule has 42 heavy (non-hydrogen) atoms. The van der Waals surface area contributed by atoms with Gasteiger partial charge in [0.1, 0.15) is 17.2 Å². The molecule has 3 heterocycles. The van der Waals surface area contributed by atoms with Crippen LogP contribution in [0.4, 0.5) is 23.7 Å². The number of carbonyl (C=O) groups is 3. The van der Waals surface area contributed by atoms with Crippen LogP contribution in [0.15, 0.2) is 54.7 Å². The molecule has 0 saturated carbocycles. The fraction of sp³-hybridized carbons (Fsp3) is 0.310. The highest BCUT2D eigenvalue weighted by atomic mass is 19.4. The van der Waals surface area contributed by atoms with Crippen LogP contribution < -0.4 is 20.7 Å². The molecular weight excluding hydrogens is 555 g/mol. The molecule has 0 radical (unpaired) electrons. The second kappa shape index (κ2) is 11.3. The zero-order valence-corrected chi connectivity index (χ0v) is 22.5. The number of carboxylic acid groups (broad SMARTS) is 1. The maximum absolute atomic E-state index is 14.1. The van der Waals surface area contributed by atoms with Gasteiger partial charge in [-0.05, 0) is 80.5 Å². The van der Waals surface area contributed by atoms with Gasteiger partial charge >= 0.3 is 12.3 Å². The minimum atomic E-state index is -4.83. The first-order valence-electron chi connectivity index (χ1n) is 13.2. The molecule has 3 aromatic rings. The van der Waals surface area contributed by atoms with E-state index in [9.17, 15) is 32.7 Å². The largest absolute Gasteiger partial charge is 0.465 e. The number of nitrogens with zero attached hydrogens (tertiary/aromatic N) is 3. The highest BCUT2D eigenvalue weighted by Crippen LogP contribution is 2.46. The maximum atomic E-state index is 14.1. The van der Waals surface area contributed by atoms with Crippen LogP contribution in [-0.2, 0) is 6.18 Å². The van der Waals surface area contributed by atoms with Crippen molar-refractivity contribution in [1.29, 1.82) is 0 Å². The van der Waals surface area contributed by atoms with Gasteiger partial charge in [0, 0.05) is 36.3 Å². The van der Waals surface area contributed by atoms with E-state index in [4.69, 9.17) is 10.5 Å². The maximum Gasteiger partial charge on any atom is 0.416 e. The number of fused-ring (bicyclic) bond motifs is 1. The summed E-state index contributed by atoms with van der Waals surface area (Å²) in [5, 5.41) is 12.7. The molecule has 2 aliphatic heterocycles. The van der Waals surface area contributed by atoms with Crippen molar-refractivity contribution in [3.8, 4) is 11.5 Å². The van der Waals surface area contributed by atoms with Crippen LogP contribution in [-0.4, -0.2) is 65.6 Å². The van der Waals surface area contributed by atoms with E-state index < -0.39 is 29.7 Å². The summed E-state index contributed by atoms with van der Waals surface area (Å²) < 4.78 is 48.1. The van der Waals surface area contributed by atoms with Crippen molar-refractivity contribution in [2.75, 3.05) is 31.6 Å². The molecule has 0 aliphatic carbocycles. The fourth-order valence-electron chi connectivity index (χ4n) is 5.35. The third-order valence-corrected chi connectivity index (χ3v) is 7.53. The van der Waals surface area contributed by atoms with Crippen LogP contribution in [0, 0.1) is 0 Å². The molecule has 4 N–H and O–H groups in total. The van der Waals surface area contributed by atoms with Gasteiger partial charge < -0.3 is 25.8 Å². The summed E-state index contributed by atoms with van der Waals surface area (Å²) in [5.74, 6) is -1.88. The molecule has 1 aromatic heterocycles. The number of piperidine rings is 1. The van der Waals surface area contributed by atoms with Crippen molar-refractivity contribution in [2.24, 2.45) is 5.73 Å². The molecule has 13 heteroatoms. The predicted molar refractivity (Wildman–Crippen MR) is 146 cm³/mol. The topological polar surface area (TPSA) is 138 Å². The lowest BCUT2D eigenvalue weighted by molar-refractivity contribution is -0.138. The minimum absolute atomic E-state index is 0.0320. The van der Waals surface area contributed by atoms with Gasteiger partial charge in [-0.15, -0.1) is 0 Å². The number of alkyl halides is 3. The average Bonchev–Trinajstić information content (AvgIpc) is 3.32. The van der Waals surface area contributed by atoms with Gasteiger partial charge in [-0.2, -0.15) is 13.2 Å². The van der Waals surface area contributed by atoms with E-state index in [1.165, 1.54) is 42.6 Å². The van der Waals surface area contributed by atoms with Crippen LogP contribution in [0.25, 0.3) is 0 Å². The Labute approximate surface area is 238 Å². The molecular formula is C29H28F3N5O5. The highest BCUT2D eigenvalue weighted by Gasteiger charge is 2.41. The Balaban J connectivity index is 1.43. The molecule has 5 rings (SSSR count). The van der Waals surface area contributed by atoms with E-state index in [1.54, 1.807) is 0 Å². The van der Waals surface area contributed by atoms with E-state index in [0.29, 0.717) is 11.6 Å². The lowest BCUT2D eigenvalue weighted by Crippen LogP contribution is -2.43. The number of ether oxygens (including phenoxy) is 1. The summed E-state index contributed by atoms with van der Waals surface area (Å²) >= 11 is 0. The van der Waals surface area contributed by atoms with Gasteiger partial charge in [-0.25, -0.2) is 4.79 Å². The normalized spacial score (nSPS) is 17.5. The smallest absolute Gasteiger partial charge is 0.416 e. The van der Waals surface area contributed by atoms with E-state index in [1.807, 2.05) is 7.05 Å². The Morgan fingerprint density at radius 3 is 2.40 bits per heavy atom. The van der Waals surface area contributed by atoms with Gasteiger partial charge in [-0.1, -0.05) is 6.07 Å². The number of nitrogens with two attached hydrogens (primary N) is 1. The number of hydrogen-bond acceptors (Lipinski definition) is 6. The van der Waals surface area contributed by atoms with Gasteiger partial charge in [0.2, 0.25) is 5.91 Å². The number of hydrogen-bond donors (Lipinski definition) is 3. The summed E-state index contributed by atoms with van der Waals surface area (Å²) in [5.41, 5.74) is 4.25. The summed E-state index contributed by atoms with van der Waals surface area (Å²) in [6, 6.07) is 10.5. The predicted octanol–water partition coefficient (Wildman–Crippen LogP) is 4.45. The summed E-state index contributed by atoms with van der Waals surface area (Å²) in [4.78, 5) is 43.6. The number of carbonyl (C=O) groups excluding carboxylic acids is 2. The number of pyridine rings is 1. The number of aromatic nitrogens is 1. The zero-order valence-electron chi connectivity index (χ0n) is 22.5. The van der Waals surface area contributed by atoms with Crippen LogP contribution in [0.5, 0.6) is 11.5 Å². The molecule has 2 aliphatic rings. The lowest BCUT2D eigenvalue weighted by Gasteiger charge is -2.29. The molecule has 1 unspecified atom stereocenters. The molecule has 3 amide bonds. The quantitative estimate of drug-likeness (QED) is 0.390. The van der Waals surface area contributed by atoms with Crippen LogP contribution >= 0.6 is 0 Å². The molecule has 1 fully saturated rings. The van der Waals surface area contributed by atoms with E-state index in [2.05, 4.69) is 15.2 Å². The van der Waals surface area contributed by atoms with Crippen molar-refractivity contribution < 1.29 is 37.4 Å². The average molecular weight is 584 g/mol. The van der Waals surface area contributed by atoms with Crippen LogP contribution in [0.3, 0.4) is 0 Å². The van der Waals surface area contributed by atoms with Crippen molar-refractivity contribution >= 4 is 23.6 Å². The van der Waals surface area contributed by atoms with E-state index in [0.717, 1.165) is 36.9 Å². The highest BCUT2D eigenvalue weighted by molar-refractivity contribution is 5.94. The van der Waals surface area contributed by atoms with Gasteiger partial charge in [0.25, 0.3) is 5.91 Å². The number of benzene rings is 2. The first-order chi connectivity index (χ1) is 19.9. The van der Waals surface area contributed by atoms with Crippen molar-refractivity contribution in [3.63, 3.8) is 0 Å². The molecule has 220 valence electrons. The number of primary amides is 1. The van der Waals surface area contributed by atoms with Crippen LogP contribution in [0.2, 0.25) is 0 Å². The summed E-state index contributed by atoms with van der Waals surface area (Å²) in [6.07, 6.45) is -3.10. The fourth-order valence-corrected chi connectivity index (χ4v) is 5.35. The Morgan fingerprint density at radius 2 is 1.74 bits per heavy atom. The first kappa shape index (κ1) is 28.9. The summed E-state index contributed by atoms with van der Waals surface area (Å²) in [7, 11) is 2.02. The van der Waals surface area contributed by atoms with Crippen molar-refractivity contribution in [2.45, 2.75) is 31.0 Å². The van der Waals surface area contributed by atoms with Crippen molar-refractivity contribution in [3.05, 3.63) is 82.7 Å². The van der Waals surface area contributed by atoms with Gasteiger partial charge in [0.15, 0.2) is 0 Å². The number of nitrogens with one attached hydrogen (secondary N) is 1. The van der Waals surface area contributed by atoms with E-state index >= 15 is 0 Å². The van der Waals surface area contributed by atoms with Crippen LogP contribution in [0.1, 0.15) is 56.3 Å². The Hall–Kier alpha value is -4.65. The minimum Gasteiger partial charge on any atom is -0.465 e. The number of rotatable bonds is 6. The lowest BCUT2D eigenvalue weighted by atomic mass is 9.88. The third kappa shape index (κ3) is 6.00. The standard InChI is InChI=1S/C29H28F3N5O5/c1-36-10-7-17(8-11-36)35-27(39)24-14-19(6-9-34-24)42-18-3-5-25-21(13-18)22(15-37(25)28(40)41)20-4-2-16(26(33)38)12-23(20)29(30,31)32/h2-6,9,12-14,17,22H,7-8,10-11,15H2,1H3,(H2,33,38)(H,35,39)(H,40,41). The second-order valence-corrected chi connectivity index (χ2v) is 10.4. The van der Waals surface area contributed by atoms with Gasteiger partial charge in [0.05, 0.1) is 11.3 Å². The first-order valence-corrected chi connectivity index (χ1v) is 13.2.